The standard InChI is InChI=1S/C13H24N4O4/c1-15-5-3-10(4-6-15)7-16(2)13(21)17(8-11(14)18)9-12(19)20/h10H,3-9H2,1-2H3,(H2,14,18)(H,19,20). The van der Waals surface area contributed by atoms with Gasteiger partial charge in [0, 0.05) is 13.6 Å². The average molecular weight is 300 g/mol. The number of nitrogens with two attached hydrogens (primary N) is 1. The molecular formula is C13H24N4O4. The third-order valence-electron chi connectivity index (χ3n) is 3.64. The lowest BCUT2D eigenvalue weighted by Gasteiger charge is -2.33. The van der Waals surface area contributed by atoms with Crippen molar-refractivity contribution in [2.24, 2.45) is 11.7 Å². The number of hydrogen-bond acceptors (Lipinski definition) is 4. The number of carboxylic acid groups (broad SMARTS) is 1. The molecule has 1 rings (SSSR count). The van der Waals surface area contributed by atoms with Crippen molar-refractivity contribution in [2.75, 3.05) is 46.8 Å². The second-order valence-electron chi connectivity index (χ2n) is 5.63. The van der Waals surface area contributed by atoms with Gasteiger partial charge >= 0.3 is 12.0 Å². The van der Waals surface area contributed by atoms with Gasteiger partial charge in [-0.15, -0.1) is 0 Å². The summed E-state index contributed by atoms with van der Waals surface area (Å²) in [6.07, 6.45) is 2.01. The first-order valence-electron chi connectivity index (χ1n) is 6.98. The minimum atomic E-state index is -1.17. The summed E-state index contributed by atoms with van der Waals surface area (Å²) in [5.74, 6) is -1.50. The summed E-state index contributed by atoms with van der Waals surface area (Å²) in [5, 5.41) is 8.81. The largest absolute Gasteiger partial charge is 0.480 e. The summed E-state index contributed by atoms with van der Waals surface area (Å²) >= 11 is 0. The Balaban J connectivity index is 2.56. The first-order valence-corrected chi connectivity index (χ1v) is 6.98. The molecule has 0 aromatic rings. The molecule has 3 N–H and O–H groups in total. The highest BCUT2D eigenvalue weighted by atomic mass is 16.4. The van der Waals surface area contributed by atoms with E-state index in [9.17, 15) is 14.4 Å². The molecule has 8 heteroatoms. The quantitative estimate of drug-likeness (QED) is 0.671. The van der Waals surface area contributed by atoms with Crippen LogP contribution in [-0.2, 0) is 9.59 Å². The second-order valence-corrected chi connectivity index (χ2v) is 5.63. The van der Waals surface area contributed by atoms with Crippen LogP contribution in [0.3, 0.4) is 0 Å². The van der Waals surface area contributed by atoms with Crippen molar-refractivity contribution in [3.63, 3.8) is 0 Å². The van der Waals surface area contributed by atoms with E-state index in [1.165, 1.54) is 4.90 Å². The van der Waals surface area contributed by atoms with Crippen molar-refractivity contribution in [1.29, 1.82) is 0 Å². The number of likely N-dealkylation sites (tertiary alicyclic amines) is 1. The maximum atomic E-state index is 12.2. The molecular weight excluding hydrogens is 276 g/mol. The van der Waals surface area contributed by atoms with Crippen molar-refractivity contribution in [1.82, 2.24) is 14.7 Å². The average Bonchev–Trinajstić information content (AvgIpc) is 2.38. The van der Waals surface area contributed by atoms with E-state index in [1.54, 1.807) is 7.05 Å². The van der Waals surface area contributed by atoms with Crippen LogP contribution in [0.1, 0.15) is 12.8 Å². The van der Waals surface area contributed by atoms with Gasteiger partial charge in [0.2, 0.25) is 5.91 Å². The fraction of sp³-hybridized carbons (Fsp3) is 0.769. The van der Waals surface area contributed by atoms with Crippen LogP contribution in [0.4, 0.5) is 4.79 Å². The smallest absolute Gasteiger partial charge is 0.323 e. The lowest BCUT2D eigenvalue weighted by atomic mass is 9.97. The van der Waals surface area contributed by atoms with Gasteiger partial charge < -0.3 is 25.5 Å². The van der Waals surface area contributed by atoms with E-state index >= 15 is 0 Å². The molecule has 0 radical (unpaired) electrons. The number of carboxylic acids is 1. The lowest BCUT2D eigenvalue weighted by molar-refractivity contribution is -0.138. The Morgan fingerprint density at radius 3 is 2.29 bits per heavy atom. The molecule has 1 heterocycles. The molecule has 21 heavy (non-hydrogen) atoms. The number of aliphatic carboxylic acids is 1. The van der Waals surface area contributed by atoms with Crippen LogP contribution < -0.4 is 5.73 Å². The Morgan fingerprint density at radius 2 is 1.81 bits per heavy atom. The van der Waals surface area contributed by atoms with E-state index in [0.29, 0.717) is 12.5 Å². The van der Waals surface area contributed by atoms with Crippen LogP contribution in [0.2, 0.25) is 0 Å². The van der Waals surface area contributed by atoms with Crippen LogP contribution in [0.25, 0.3) is 0 Å². The minimum Gasteiger partial charge on any atom is -0.480 e. The van der Waals surface area contributed by atoms with E-state index < -0.39 is 24.5 Å². The zero-order valence-corrected chi connectivity index (χ0v) is 12.6. The summed E-state index contributed by atoms with van der Waals surface area (Å²) in [6.45, 7) is 1.63. The normalized spacial score (nSPS) is 16.5. The zero-order chi connectivity index (χ0) is 16.0. The molecule has 0 atom stereocenters. The number of piperidine rings is 1. The number of carbonyl (C=O) groups is 3. The van der Waals surface area contributed by atoms with E-state index in [-0.39, 0.29) is 6.54 Å². The van der Waals surface area contributed by atoms with Gasteiger partial charge in [0.25, 0.3) is 0 Å². The van der Waals surface area contributed by atoms with Gasteiger partial charge in [-0.3, -0.25) is 9.59 Å². The van der Waals surface area contributed by atoms with Crippen LogP contribution in [0, 0.1) is 5.92 Å². The molecule has 1 saturated heterocycles. The van der Waals surface area contributed by atoms with E-state index in [4.69, 9.17) is 10.8 Å². The van der Waals surface area contributed by atoms with Crippen molar-refractivity contribution in [3.8, 4) is 0 Å². The Labute approximate surface area is 124 Å². The Bertz CT molecular complexity index is 378. The number of nitrogens with zero attached hydrogens (tertiary/aromatic N) is 3. The fourth-order valence-corrected chi connectivity index (χ4v) is 2.49. The number of primary amides is 1. The van der Waals surface area contributed by atoms with Crippen LogP contribution in [0.15, 0.2) is 0 Å². The summed E-state index contributed by atoms with van der Waals surface area (Å²) in [6, 6.07) is -0.477. The Hall–Kier alpha value is -1.83. The lowest BCUT2D eigenvalue weighted by Crippen LogP contribution is -2.49. The van der Waals surface area contributed by atoms with Crippen molar-refractivity contribution in [2.45, 2.75) is 12.8 Å². The number of hydrogen-bond donors (Lipinski definition) is 2. The molecule has 8 nitrogen and oxygen atoms in total. The van der Waals surface area contributed by atoms with Crippen molar-refractivity contribution in [3.05, 3.63) is 0 Å². The molecule has 1 aliphatic rings. The summed E-state index contributed by atoms with van der Waals surface area (Å²) in [5.41, 5.74) is 5.06. The molecule has 0 aliphatic carbocycles. The van der Waals surface area contributed by atoms with Crippen LogP contribution >= 0.6 is 0 Å². The predicted octanol–water partition coefficient (Wildman–Crippen LogP) is -0.748. The van der Waals surface area contributed by atoms with Crippen molar-refractivity contribution >= 4 is 17.9 Å². The number of rotatable bonds is 6. The molecule has 0 spiro atoms. The summed E-state index contributed by atoms with van der Waals surface area (Å²) < 4.78 is 0. The van der Waals surface area contributed by atoms with Gasteiger partial charge in [-0.1, -0.05) is 0 Å². The third-order valence-corrected chi connectivity index (χ3v) is 3.64. The predicted molar refractivity (Wildman–Crippen MR) is 76.7 cm³/mol. The maximum absolute atomic E-state index is 12.2. The first-order chi connectivity index (χ1) is 9.79. The molecule has 0 unspecified atom stereocenters. The van der Waals surface area contributed by atoms with Gasteiger partial charge in [-0.25, -0.2) is 4.79 Å². The molecule has 1 aliphatic heterocycles. The Kier molecular flexibility index (Phi) is 6.41. The molecule has 1 fully saturated rings. The number of urea groups is 1. The van der Waals surface area contributed by atoms with Gasteiger partial charge in [-0.2, -0.15) is 0 Å². The van der Waals surface area contributed by atoms with Crippen LogP contribution in [-0.4, -0.2) is 84.5 Å². The van der Waals surface area contributed by atoms with Gasteiger partial charge in [0.15, 0.2) is 0 Å². The Morgan fingerprint density at radius 1 is 1.24 bits per heavy atom. The zero-order valence-electron chi connectivity index (χ0n) is 12.6. The van der Waals surface area contributed by atoms with E-state index in [1.807, 2.05) is 0 Å². The van der Waals surface area contributed by atoms with Crippen molar-refractivity contribution < 1.29 is 19.5 Å². The third kappa shape index (κ3) is 5.99. The van der Waals surface area contributed by atoms with Crippen LogP contribution in [0.5, 0.6) is 0 Å². The van der Waals surface area contributed by atoms with E-state index in [0.717, 1.165) is 30.8 Å². The van der Waals surface area contributed by atoms with Gasteiger partial charge in [-0.05, 0) is 38.9 Å². The maximum Gasteiger partial charge on any atom is 0.323 e. The minimum absolute atomic E-state index is 0.386. The summed E-state index contributed by atoms with van der Waals surface area (Å²) in [4.78, 5) is 38.6. The van der Waals surface area contributed by atoms with Gasteiger partial charge in [0.05, 0.1) is 0 Å². The molecule has 0 aromatic heterocycles. The topological polar surface area (TPSA) is 107 Å². The number of amides is 3. The highest BCUT2D eigenvalue weighted by molar-refractivity contribution is 5.85. The highest BCUT2D eigenvalue weighted by Gasteiger charge is 2.25. The fourth-order valence-electron chi connectivity index (χ4n) is 2.49. The van der Waals surface area contributed by atoms with E-state index in [2.05, 4.69) is 11.9 Å². The first kappa shape index (κ1) is 17.2. The number of carbonyl (C=O) groups excluding carboxylic acids is 2. The SMILES string of the molecule is CN1CCC(CN(C)C(=O)N(CC(N)=O)CC(=O)O)CC1. The molecule has 0 saturated carbocycles. The monoisotopic (exact) mass is 300 g/mol. The van der Waals surface area contributed by atoms with Gasteiger partial charge in [0.1, 0.15) is 13.1 Å². The second kappa shape index (κ2) is 7.82. The highest BCUT2D eigenvalue weighted by Crippen LogP contribution is 2.17. The molecule has 0 aromatic carbocycles. The molecule has 3 amide bonds. The summed E-state index contributed by atoms with van der Waals surface area (Å²) in [7, 11) is 3.68. The molecule has 120 valence electrons. The molecule has 0 bridgehead atoms.